The van der Waals surface area contributed by atoms with Gasteiger partial charge in [-0.15, -0.1) is 23.5 Å². The van der Waals surface area contributed by atoms with Crippen molar-refractivity contribution in [2.75, 3.05) is 11.5 Å². The van der Waals surface area contributed by atoms with E-state index in [-0.39, 0.29) is 9.49 Å². The standard InChI is InChI=1S/C14H12Cl2S3/c1-13-9(3-11(15)18-13)7-5-17-6-8(7)10-4-12(16)19-14(10,13)2/h3-4H,5-6H2,1-2H3/t13-,14-/m1/s1. The number of fused-ring (bicyclic) bond motifs is 4. The molecule has 1 saturated heterocycles. The summed E-state index contributed by atoms with van der Waals surface area (Å²) in [6.45, 7) is 4.64. The van der Waals surface area contributed by atoms with E-state index in [0.717, 1.165) is 20.2 Å². The third-order valence-corrected chi connectivity index (χ3v) is 9.06. The Labute approximate surface area is 136 Å². The Morgan fingerprint density at radius 1 is 0.895 bits per heavy atom. The van der Waals surface area contributed by atoms with Gasteiger partial charge < -0.3 is 0 Å². The fourth-order valence-electron chi connectivity index (χ4n) is 3.43. The van der Waals surface area contributed by atoms with Crippen molar-refractivity contribution in [1.82, 2.24) is 0 Å². The minimum Gasteiger partial charge on any atom is -0.152 e. The third-order valence-electron chi connectivity index (χ3n) is 4.56. The molecule has 0 nitrogen and oxygen atoms in total. The number of halogens is 2. The normalized spacial score (nSPS) is 40.2. The van der Waals surface area contributed by atoms with Gasteiger partial charge in [0.2, 0.25) is 0 Å². The van der Waals surface area contributed by atoms with Crippen molar-refractivity contribution < 1.29 is 0 Å². The second-order valence-electron chi connectivity index (χ2n) is 5.44. The molecule has 0 aromatic carbocycles. The van der Waals surface area contributed by atoms with Gasteiger partial charge in [0.25, 0.3) is 0 Å². The number of thioether (sulfide) groups is 3. The van der Waals surface area contributed by atoms with Crippen LogP contribution in [-0.2, 0) is 0 Å². The van der Waals surface area contributed by atoms with E-state index in [1.54, 1.807) is 23.5 Å². The van der Waals surface area contributed by atoms with E-state index >= 15 is 0 Å². The minimum atomic E-state index is 0.000949. The highest BCUT2D eigenvalue weighted by molar-refractivity contribution is 8.10. The molecule has 0 bridgehead atoms. The molecule has 0 N–H and O–H groups in total. The second kappa shape index (κ2) is 4.07. The SMILES string of the molecule is C[C@@]12SC(Cl)=CC1=C1CSCC1=C1C=C(Cl)S[C@]12C. The molecule has 3 aliphatic heterocycles. The van der Waals surface area contributed by atoms with Gasteiger partial charge in [0.15, 0.2) is 0 Å². The maximum atomic E-state index is 6.36. The van der Waals surface area contributed by atoms with Crippen LogP contribution in [0.3, 0.4) is 0 Å². The number of hydrogen-bond acceptors (Lipinski definition) is 3. The summed E-state index contributed by atoms with van der Waals surface area (Å²) < 4.78 is 1.82. The van der Waals surface area contributed by atoms with Crippen LogP contribution in [0.5, 0.6) is 0 Å². The molecule has 19 heavy (non-hydrogen) atoms. The Morgan fingerprint density at radius 2 is 1.32 bits per heavy atom. The quantitative estimate of drug-likeness (QED) is 0.567. The highest BCUT2D eigenvalue weighted by atomic mass is 35.5. The molecular formula is C14H12Cl2S3. The maximum Gasteiger partial charge on any atom is 0.0747 e. The Morgan fingerprint density at radius 3 is 1.74 bits per heavy atom. The molecule has 0 unspecified atom stereocenters. The van der Waals surface area contributed by atoms with Crippen LogP contribution in [0.1, 0.15) is 13.8 Å². The zero-order valence-electron chi connectivity index (χ0n) is 10.5. The zero-order chi connectivity index (χ0) is 13.4. The average Bonchev–Trinajstić information content (AvgIpc) is 2.95. The van der Waals surface area contributed by atoms with Gasteiger partial charge in [0.1, 0.15) is 0 Å². The van der Waals surface area contributed by atoms with Gasteiger partial charge >= 0.3 is 0 Å². The van der Waals surface area contributed by atoms with Crippen LogP contribution in [0.2, 0.25) is 0 Å². The lowest BCUT2D eigenvalue weighted by atomic mass is 9.72. The monoisotopic (exact) mass is 346 g/mol. The summed E-state index contributed by atoms with van der Waals surface area (Å²) in [5.41, 5.74) is 5.87. The van der Waals surface area contributed by atoms with Crippen molar-refractivity contribution in [3.8, 4) is 0 Å². The lowest BCUT2D eigenvalue weighted by Crippen LogP contribution is -2.47. The molecule has 4 aliphatic rings. The molecule has 0 aromatic heterocycles. The molecule has 1 fully saturated rings. The van der Waals surface area contributed by atoms with E-state index in [9.17, 15) is 0 Å². The highest BCUT2D eigenvalue weighted by Gasteiger charge is 2.59. The molecule has 0 radical (unpaired) electrons. The highest BCUT2D eigenvalue weighted by Crippen LogP contribution is 2.68. The van der Waals surface area contributed by atoms with E-state index in [2.05, 4.69) is 26.0 Å². The zero-order valence-corrected chi connectivity index (χ0v) is 14.5. The van der Waals surface area contributed by atoms with Gasteiger partial charge in [-0.25, -0.2) is 0 Å². The van der Waals surface area contributed by atoms with Crippen molar-refractivity contribution in [2.45, 2.75) is 23.3 Å². The first-order valence-corrected chi connectivity index (χ1v) is 9.68. The summed E-state index contributed by atoms with van der Waals surface area (Å²) >= 11 is 18.3. The summed E-state index contributed by atoms with van der Waals surface area (Å²) in [4.78, 5) is 0. The van der Waals surface area contributed by atoms with Gasteiger partial charge in [-0.2, -0.15) is 11.8 Å². The Hall–Kier alpha value is 0.590. The lowest BCUT2D eigenvalue weighted by molar-refractivity contribution is 0.609. The van der Waals surface area contributed by atoms with E-state index in [0.29, 0.717) is 0 Å². The minimum absolute atomic E-state index is 0.000949. The Bertz CT molecular complexity index is 575. The van der Waals surface area contributed by atoms with Gasteiger partial charge in [-0.3, -0.25) is 0 Å². The van der Waals surface area contributed by atoms with Crippen molar-refractivity contribution in [2.24, 2.45) is 0 Å². The molecule has 2 atom stereocenters. The number of rotatable bonds is 0. The Kier molecular flexibility index (Phi) is 2.84. The fourth-order valence-corrected chi connectivity index (χ4v) is 8.32. The molecule has 100 valence electrons. The summed E-state index contributed by atoms with van der Waals surface area (Å²) in [6.07, 6.45) is 4.37. The second-order valence-corrected chi connectivity index (χ2v) is 10.6. The average molecular weight is 347 g/mol. The van der Waals surface area contributed by atoms with Crippen molar-refractivity contribution in [3.05, 3.63) is 43.2 Å². The topological polar surface area (TPSA) is 0 Å². The predicted molar refractivity (Wildman–Crippen MR) is 91.2 cm³/mol. The summed E-state index contributed by atoms with van der Waals surface area (Å²) in [7, 11) is 0. The van der Waals surface area contributed by atoms with Crippen molar-refractivity contribution in [1.29, 1.82) is 0 Å². The van der Waals surface area contributed by atoms with Crippen molar-refractivity contribution >= 4 is 58.5 Å². The molecule has 4 rings (SSSR count). The fraction of sp³-hybridized carbons (Fsp3) is 0.429. The largest absolute Gasteiger partial charge is 0.152 e. The van der Waals surface area contributed by atoms with Crippen LogP contribution in [0, 0.1) is 0 Å². The first-order valence-electron chi connectivity index (χ1n) is 6.13. The third kappa shape index (κ3) is 1.54. The molecular weight excluding hydrogens is 335 g/mol. The molecule has 1 aliphatic carbocycles. The number of allylic oxidation sites excluding steroid dienone is 2. The van der Waals surface area contributed by atoms with Gasteiger partial charge in [-0.05, 0) is 48.3 Å². The van der Waals surface area contributed by atoms with Crippen LogP contribution in [0.15, 0.2) is 43.2 Å². The summed E-state index contributed by atoms with van der Waals surface area (Å²) in [6, 6.07) is 0. The molecule has 0 aromatic rings. The maximum absolute atomic E-state index is 6.36. The first-order chi connectivity index (χ1) is 8.96. The van der Waals surface area contributed by atoms with E-state index in [1.165, 1.54) is 22.3 Å². The molecule has 5 heteroatoms. The smallest absolute Gasteiger partial charge is 0.0747 e. The molecule has 0 saturated carbocycles. The van der Waals surface area contributed by atoms with Gasteiger partial charge in [0, 0.05) is 11.5 Å². The van der Waals surface area contributed by atoms with Gasteiger partial charge in [0.05, 0.1) is 18.2 Å². The van der Waals surface area contributed by atoms with Crippen LogP contribution in [0.4, 0.5) is 0 Å². The van der Waals surface area contributed by atoms with E-state index in [4.69, 9.17) is 23.2 Å². The molecule has 0 spiro atoms. The van der Waals surface area contributed by atoms with Crippen molar-refractivity contribution in [3.63, 3.8) is 0 Å². The van der Waals surface area contributed by atoms with Crippen LogP contribution < -0.4 is 0 Å². The lowest BCUT2D eigenvalue weighted by Gasteiger charge is -2.46. The summed E-state index contributed by atoms with van der Waals surface area (Å²) in [5, 5.41) is 0. The number of hydrogen-bond donors (Lipinski definition) is 0. The molecule has 3 heterocycles. The van der Waals surface area contributed by atoms with E-state index < -0.39 is 0 Å². The molecule has 0 amide bonds. The summed E-state index contributed by atoms with van der Waals surface area (Å²) in [5.74, 6) is 2.22. The van der Waals surface area contributed by atoms with Crippen LogP contribution >= 0.6 is 58.5 Å². The van der Waals surface area contributed by atoms with Crippen LogP contribution in [0.25, 0.3) is 0 Å². The van der Waals surface area contributed by atoms with E-state index in [1.807, 2.05) is 11.8 Å². The van der Waals surface area contributed by atoms with Gasteiger partial charge in [-0.1, -0.05) is 23.2 Å². The predicted octanol–water partition coefficient (Wildman–Crippen LogP) is 5.51. The Balaban J connectivity index is 2.04. The first kappa shape index (κ1) is 13.3. The van der Waals surface area contributed by atoms with Crippen LogP contribution in [-0.4, -0.2) is 21.0 Å².